The van der Waals surface area contributed by atoms with E-state index in [2.05, 4.69) is 13.0 Å². The van der Waals surface area contributed by atoms with Crippen molar-refractivity contribution < 1.29 is 56.9 Å². The first-order valence-electron chi connectivity index (χ1n) is 9.65. The second kappa shape index (κ2) is 14.3. The smallest absolute Gasteiger partial charge is 0.303 e. The summed E-state index contributed by atoms with van der Waals surface area (Å²) in [5, 5.41) is 10.3. The molecule has 0 saturated heterocycles. The molecule has 4 atom stereocenters. The standard InChI is InChI=1S/C22H28ClO5.Y/c1-2-27-22(26)11-6-4-3-5-10-18-19(21(25)13-20(18)23)15-28-17-9-7-8-16(12-17)14-24;/h3,5,7-9,12,14,18-21,25H,1-2,4,6,10-11,13,15H2;/q-1;/b5-3-;/t18-,19-,20-,21-;/m1./s1. The maximum absolute atomic E-state index is 11.3. The van der Waals surface area contributed by atoms with E-state index in [1.807, 2.05) is 6.08 Å². The number of aliphatic hydroxyl groups is 1. The number of rotatable bonds is 11. The fourth-order valence-corrected chi connectivity index (χ4v) is 3.95. The summed E-state index contributed by atoms with van der Waals surface area (Å²) in [5.74, 6) is 0.426. The normalized spacial score (nSPS) is 23.6. The fraction of sp³-hybridized carbons (Fsp3) is 0.500. The molecule has 5 nitrogen and oxygen atoms in total. The molecule has 1 aromatic carbocycles. The minimum Gasteiger partial charge on any atom is -0.499 e. The Balaban J connectivity index is 0.00000420. The van der Waals surface area contributed by atoms with Crippen molar-refractivity contribution in [2.45, 2.75) is 43.6 Å². The van der Waals surface area contributed by atoms with Gasteiger partial charge in [0.25, 0.3) is 0 Å². The largest absolute Gasteiger partial charge is 0.499 e. The van der Waals surface area contributed by atoms with Crippen molar-refractivity contribution in [1.29, 1.82) is 0 Å². The van der Waals surface area contributed by atoms with E-state index in [9.17, 15) is 14.7 Å². The van der Waals surface area contributed by atoms with Crippen LogP contribution in [-0.2, 0) is 42.2 Å². The van der Waals surface area contributed by atoms with E-state index in [0.717, 1.165) is 25.5 Å². The molecule has 0 aliphatic heterocycles. The Bertz CT molecular complexity index is 666. The Morgan fingerprint density at radius 3 is 2.83 bits per heavy atom. The van der Waals surface area contributed by atoms with Crippen LogP contribution < -0.4 is 4.74 Å². The zero-order valence-corrected chi connectivity index (χ0v) is 20.1. The molecular formula is C22H28ClO5Y-. The molecule has 0 aromatic heterocycles. The number of esters is 1. The molecule has 0 bridgehead atoms. The molecule has 0 amide bonds. The van der Waals surface area contributed by atoms with Gasteiger partial charge in [0.1, 0.15) is 12.0 Å². The summed E-state index contributed by atoms with van der Waals surface area (Å²) >= 11 is 6.45. The predicted octanol–water partition coefficient (Wildman–Crippen LogP) is 3.97. The van der Waals surface area contributed by atoms with E-state index in [-0.39, 0.29) is 62.5 Å². The number of ether oxygens (including phenoxy) is 2. The van der Waals surface area contributed by atoms with E-state index >= 15 is 0 Å². The molecule has 157 valence electrons. The van der Waals surface area contributed by atoms with E-state index in [1.165, 1.54) is 0 Å². The maximum Gasteiger partial charge on any atom is 0.303 e. The van der Waals surface area contributed by atoms with Gasteiger partial charge < -0.3 is 21.5 Å². The zero-order valence-electron chi connectivity index (χ0n) is 16.5. The number of aliphatic hydroxyl groups excluding tert-OH is 1. The van der Waals surface area contributed by atoms with Crippen LogP contribution in [-0.4, -0.2) is 42.1 Å². The first-order valence-corrected chi connectivity index (χ1v) is 10.1. The third kappa shape index (κ3) is 8.88. The number of alkyl halides is 1. The van der Waals surface area contributed by atoms with Crippen LogP contribution in [0.3, 0.4) is 0 Å². The van der Waals surface area contributed by atoms with Crippen LogP contribution in [0.2, 0.25) is 0 Å². The first kappa shape index (κ1) is 26.3. The number of hydrogen-bond donors (Lipinski definition) is 1. The molecule has 29 heavy (non-hydrogen) atoms. The van der Waals surface area contributed by atoms with Crippen molar-refractivity contribution >= 4 is 23.9 Å². The third-order valence-corrected chi connectivity index (χ3v) is 5.50. The van der Waals surface area contributed by atoms with Gasteiger partial charge in [-0.1, -0.05) is 24.3 Å². The minimum atomic E-state index is -0.507. The second-order valence-corrected chi connectivity index (χ2v) is 7.53. The molecule has 1 aliphatic carbocycles. The van der Waals surface area contributed by atoms with Gasteiger partial charge in [-0.15, -0.1) is 11.6 Å². The Hall–Kier alpha value is -0.746. The van der Waals surface area contributed by atoms with E-state index in [0.29, 0.717) is 30.8 Å². The molecule has 1 aromatic rings. The molecule has 0 spiro atoms. The summed E-state index contributed by atoms with van der Waals surface area (Å²) in [6.45, 7) is 3.99. The molecule has 1 aliphatic rings. The first-order chi connectivity index (χ1) is 13.5. The number of aldehydes is 1. The van der Waals surface area contributed by atoms with Crippen molar-refractivity contribution in [3.8, 4) is 5.75 Å². The number of halogens is 1. The quantitative estimate of drug-likeness (QED) is 0.125. The number of carbonyl (C=O) groups is 2. The van der Waals surface area contributed by atoms with Gasteiger partial charge in [-0.3, -0.25) is 9.59 Å². The monoisotopic (exact) mass is 496 g/mol. The van der Waals surface area contributed by atoms with Gasteiger partial charge in [-0.25, -0.2) is 0 Å². The molecule has 1 N–H and O–H groups in total. The summed E-state index contributed by atoms with van der Waals surface area (Å²) in [4.78, 5) is 22.2. The van der Waals surface area contributed by atoms with E-state index in [4.69, 9.17) is 21.1 Å². The zero-order chi connectivity index (χ0) is 20.4. The fourth-order valence-electron chi connectivity index (χ4n) is 3.48. The molecule has 1 fully saturated rings. The molecule has 7 heteroatoms. The number of hydrogen-bond acceptors (Lipinski definition) is 5. The van der Waals surface area contributed by atoms with Crippen LogP contribution in [0.25, 0.3) is 0 Å². The molecule has 0 heterocycles. The number of allylic oxidation sites excluding steroid dienone is 2. The SMILES string of the molecule is [CH2-]COC(=O)CCC/C=C\C[C@@H]1[C@@H](COc2cccc(C=O)c2)[C@H](O)C[C@H]1Cl.[Y]. The van der Waals surface area contributed by atoms with Crippen molar-refractivity contribution in [3.05, 3.63) is 48.9 Å². The van der Waals surface area contributed by atoms with Gasteiger partial charge in [0.15, 0.2) is 0 Å². The molecule has 1 saturated carbocycles. The Kier molecular flexibility index (Phi) is 13.0. The third-order valence-electron chi connectivity index (χ3n) is 5.00. The summed E-state index contributed by atoms with van der Waals surface area (Å²) < 4.78 is 10.6. The Morgan fingerprint density at radius 1 is 1.31 bits per heavy atom. The van der Waals surface area contributed by atoms with E-state index < -0.39 is 6.10 Å². The van der Waals surface area contributed by atoms with Crippen molar-refractivity contribution in [2.24, 2.45) is 11.8 Å². The maximum atomic E-state index is 11.3. The number of benzene rings is 1. The Morgan fingerprint density at radius 2 is 2.10 bits per heavy atom. The van der Waals surface area contributed by atoms with E-state index in [1.54, 1.807) is 24.3 Å². The van der Waals surface area contributed by atoms with Gasteiger partial charge in [-0.05, 0) is 50.3 Å². The van der Waals surface area contributed by atoms with Crippen LogP contribution in [0, 0.1) is 18.8 Å². The van der Waals surface area contributed by atoms with Crippen LogP contribution in [0.1, 0.15) is 42.5 Å². The summed E-state index contributed by atoms with van der Waals surface area (Å²) in [6, 6.07) is 6.95. The van der Waals surface area contributed by atoms with Gasteiger partial charge in [-0.2, -0.15) is 0 Å². The number of unbranched alkanes of at least 4 members (excludes halogenated alkanes) is 1. The average molecular weight is 497 g/mol. The summed E-state index contributed by atoms with van der Waals surface area (Å²) in [7, 11) is 0. The van der Waals surface area contributed by atoms with Gasteiger partial charge in [0, 0.05) is 56.0 Å². The van der Waals surface area contributed by atoms with Gasteiger partial charge >= 0.3 is 5.97 Å². The van der Waals surface area contributed by atoms with Crippen molar-refractivity contribution in [1.82, 2.24) is 0 Å². The van der Waals surface area contributed by atoms with Crippen molar-refractivity contribution in [2.75, 3.05) is 13.2 Å². The van der Waals surface area contributed by atoms with Crippen LogP contribution >= 0.6 is 11.6 Å². The average Bonchev–Trinajstić information content (AvgIpc) is 2.95. The van der Waals surface area contributed by atoms with Crippen LogP contribution in [0.5, 0.6) is 5.75 Å². The molecule has 2 rings (SSSR count). The predicted molar refractivity (Wildman–Crippen MR) is 108 cm³/mol. The van der Waals surface area contributed by atoms with Crippen LogP contribution in [0.4, 0.5) is 0 Å². The van der Waals surface area contributed by atoms with Gasteiger partial charge in [0.2, 0.25) is 0 Å². The summed E-state index contributed by atoms with van der Waals surface area (Å²) in [5.41, 5.74) is 0.554. The Labute approximate surface area is 203 Å². The molecular weight excluding hydrogens is 469 g/mol. The van der Waals surface area contributed by atoms with Gasteiger partial charge in [0.05, 0.1) is 12.7 Å². The van der Waals surface area contributed by atoms with Crippen LogP contribution in [0.15, 0.2) is 36.4 Å². The molecule has 1 radical (unpaired) electrons. The topological polar surface area (TPSA) is 72.8 Å². The van der Waals surface area contributed by atoms with Crippen molar-refractivity contribution in [3.63, 3.8) is 0 Å². The summed E-state index contributed by atoms with van der Waals surface area (Å²) in [6.07, 6.45) is 7.56. The number of carbonyl (C=O) groups excluding carboxylic acids is 2. The second-order valence-electron chi connectivity index (χ2n) is 6.97. The minimum absolute atomic E-state index is 0. The molecule has 0 unspecified atom stereocenters.